The zero-order valence-electron chi connectivity index (χ0n) is 31.2. The van der Waals surface area contributed by atoms with Crippen molar-refractivity contribution in [2.45, 2.75) is 162 Å². The van der Waals surface area contributed by atoms with E-state index in [1.807, 2.05) is 20.8 Å². The van der Waals surface area contributed by atoms with Crippen molar-refractivity contribution in [3.63, 3.8) is 0 Å². The molecule has 0 bridgehead atoms. The second-order valence-corrected chi connectivity index (χ2v) is 19.1. The molecular formula is C36H62NaO11P. The quantitative estimate of drug-likeness (QED) is 0.112. The normalized spacial score (nSPS) is 48.5. The second-order valence-electron chi connectivity index (χ2n) is 17.9. The predicted molar refractivity (Wildman–Crippen MR) is 177 cm³/mol. The maximum Gasteiger partial charge on any atom is 1.00 e. The zero-order chi connectivity index (χ0) is 35.8. The molecule has 1 saturated heterocycles. The molecule has 0 radical (unpaired) electrons. The van der Waals surface area contributed by atoms with Crippen LogP contribution in [0.1, 0.15) is 113 Å². The van der Waals surface area contributed by atoms with Crippen molar-refractivity contribution in [3.8, 4) is 0 Å². The maximum absolute atomic E-state index is 12.3. The number of phosphoric ester groups is 1. The molecule has 5 rings (SSSR count). The number of rotatable bonds is 9. The summed E-state index contributed by atoms with van der Waals surface area (Å²) in [5, 5.41) is 55.7. The van der Waals surface area contributed by atoms with E-state index in [9.17, 15) is 35.0 Å². The molecule has 5 unspecified atom stereocenters. The number of hydrogen-bond donors (Lipinski definition) is 6. The first kappa shape index (κ1) is 42.3. The van der Waals surface area contributed by atoms with Crippen LogP contribution in [0.2, 0.25) is 0 Å². The molecule has 5 aliphatic rings. The minimum absolute atomic E-state index is 0. The molecule has 6 N–H and O–H groups in total. The molecule has 0 aromatic heterocycles. The minimum atomic E-state index is -5.14. The van der Waals surface area contributed by atoms with E-state index in [4.69, 9.17) is 14.4 Å². The van der Waals surface area contributed by atoms with Gasteiger partial charge in [-0.3, -0.25) is 4.57 Å². The molecule has 0 aromatic carbocycles. The number of aliphatic hydroxyl groups excluding tert-OH is 5. The monoisotopic (exact) mass is 724 g/mol. The van der Waals surface area contributed by atoms with E-state index in [1.165, 1.54) is 0 Å². The molecule has 1 heterocycles. The van der Waals surface area contributed by atoms with Crippen LogP contribution in [0.3, 0.4) is 0 Å². The van der Waals surface area contributed by atoms with E-state index >= 15 is 0 Å². The van der Waals surface area contributed by atoms with E-state index in [1.54, 1.807) is 0 Å². The Morgan fingerprint density at radius 2 is 1.57 bits per heavy atom. The fourth-order valence-corrected chi connectivity index (χ4v) is 12.3. The number of allylic oxidation sites excluding steroid dienone is 2. The molecule has 49 heavy (non-hydrogen) atoms. The van der Waals surface area contributed by atoms with Gasteiger partial charge < -0.3 is 49.3 Å². The van der Waals surface area contributed by atoms with Gasteiger partial charge in [0.25, 0.3) is 7.82 Å². The molecule has 0 spiro atoms. The summed E-state index contributed by atoms with van der Waals surface area (Å²) in [6, 6.07) is 0. The van der Waals surface area contributed by atoms with E-state index in [0.29, 0.717) is 25.2 Å². The van der Waals surface area contributed by atoms with Crippen LogP contribution in [0.5, 0.6) is 0 Å². The van der Waals surface area contributed by atoms with Crippen molar-refractivity contribution in [2.75, 3.05) is 6.61 Å². The first-order valence-electron chi connectivity index (χ1n) is 18.1. The Balaban J connectivity index is 0.00000541. The van der Waals surface area contributed by atoms with Crippen LogP contribution in [0.25, 0.3) is 0 Å². The summed E-state index contributed by atoms with van der Waals surface area (Å²) in [6.45, 7) is 16.9. The van der Waals surface area contributed by atoms with Crippen LogP contribution >= 0.6 is 7.82 Å². The Kier molecular flexibility index (Phi) is 12.7. The van der Waals surface area contributed by atoms with Gasteiger partial charge in [0.1, 0.15) is 24.4 Å². The third-order valence-electron chi connectivity index (χ3n) is 14.8. The Bertz CT molecular complexity index is 1260. The summed E-state index contributed by atoms with van der Waals surface area (Å²) < 4.78 is 28.4. The predicted octanol–water partition coefficient (Wildman–Crippen LogP) is 0.814. The summed E-state index contributed by atoms with van der Waals surface area (Å²) in [4.78, 5) is 20.4. The molecule has 4 aliphatic carbocycles. The topological polar surface area (TPSA) is 189 Å². The van der Waals surface area contributed by atoms with Crippen molar-refractivity contribution >= 4 is 7.82 Å². The first-order valence-corrected chi connectivity index (χ1v) is 19.6. The summed E-state index contributed by atoms with van der Waals surface area (Å²) >= 11 is 0. The molecule has 16 atom stereocenters. The Morgan fingerprint density at radius 3 is 2.18 bits per heavy atom. The van der Waals surface area contributed by atoms with Gasteiger partial charge in [-0.05, 0) is 124 Å². The van der Waals surface area contributed by atoms with E-state index in [2.05, 4.69) is 45.2 Å². The maximum atomic E-state index is 12.3. The number of hydrogen-bond acceptors (Lipinski definition) is 10. The second kappa shape index (κ2) is 14.7. The third kappa shape index (κ3) is 7.37. The molecule has 1 aliphatic heterocycles. The van der Waals surface area contributed by atoms with Gasteiger partial charge in [-0.15, -0.1) is 0 Å². The van der Waals surface area contributed by atoms with Gasteiger partial charge in [-0.2, -0.15) is 0 Å². The smallest absolute Gasteiger partial charge is 0.756 e. The number of ether oxygens (including phenoxy) is 2. The average Bonchev–Trinajstić information content (AvgIpc) is 3.36. The Morgan fingerprint density at radius 1 is 0.939 bits per heavy atom. The largest absolute Gasteiger partial charge is 1.00 e. The van der Waals surface area contributed by atoms with Crippen LogP contribution in [0.4, 0.5) is 0 Å². The first-order chi connectivity index (χ1) is 22.0. The molecular weight excluding hydrogens is 662 g/mol. The summed E-state index contributed by atoms with van der Waals surface area (Å²) in [7, 11) is -5.14. The van der Waals surface area contributed by atoms with Gasteiger partial charge in [-0.1, -0.05) is 46.3 Å². The minimum Gasteiger partial charge on any atom is -0.756 e. The summed E-state index contributed by atoms with van der Waals surface area (Å²) in [5.41, 5.74) is -0.289. The fourth-order valence-electron chi connectivity index (χ4n) is 12.0. The summed E-state index contributed by atoms with van der Waals surface area (Å²) in [6.07, 6.45) is 0.608. The standard InChI is InChI=1S/C36H63O11P.Na/c1-20(2)10-9-14-36(8,47-31-30(41)29(40)28(39)23(46-31)19-45-48(42,43)44)21-11-16-35(7)27(21)22(37)18-25-33(5)15-13-26(38)32(3,4)24(33)12-17-34(25,35)6;/h10,21-31,37-41H,9,11-19H2,1-8H3,(H2,42,43,44);/q;+1/p-1/t21?,22-,23-,24?,25?,26+,27?,28-,29+,30-,31+,33+,34-,35-,36+;/m1./s1. The van der Waals surface area contributed by atoms with Crippen molar-refractivity contribution in [1.82, 2.24) is 0 Å². The molecule has 278 valence electrons. The van der Waals surface area contributed by atoms with Gasteiger partial charge in [0, 0.05) is 0 Å². The van der Waals surface area contributed by atoms with Crippen molar-refractivity contribution in [1.29, 1.82) is 0 Å². The van der Waals surface area contributed by atoms with Crippen LogP contribution in [-0.4, -0.2) is 85.5 Å². The fraction of sp³-hybridized carbons (Fsp3) is 0.944. The third-order valence-corrected chi connectivity index (χ3v) is 15.3. The van der Waals surface area contributed by atoms with Gasteiger partial charge in [0.05, 0.1) is 24.4 Å². The van der Waals surface area contributed by atoms with Crippen molar-refractivity contribution in [3.05, 3.63) is 11.6 Å². The van der Waals surface area contributed by atoms with Crippen LogP contribution in [0, 0.1) is 45.3 Å². The Hall–Kier alpha value is 0.570. The molecule has 4 saturated carbocycles. The zero-order valence-corrected chi connectivity index (χ0v) is 34.1. The van der Waals surface area contributed by atoms with Gasteiger partial charge in [-0.25, -0.2) is 0 Å². The van der Waals surface area contributed by atoms with Crippen LogP contribution in [0.15, 0.2) is 11.6 Å². The molecule has 0 aromatic rings. The van der Waals surface area contributed by atoms with Gasteiger partial charge in [0.15, 0.2) is 6.29 Å². The van der Waals surface area contributed by atoms with Crippen LogP contribution < -0.4 is 34.5 Å². The number of phosphoric acid groups is 1. The average molecular weight is 725 g/mol. The van der Waals surface area contributed by atoms with E-state index in [0.717, 1.165) is 44.1 Å². The van der Waals surface area contributed by atoms with Crippen molar-refractivity contribution in [2.24, 2.45) is 45.3 Å². The van der Waals surface area contributed by atoms with E-state index in [-0.39, 0.29) is 75.1 Å². The number of aliphatic hydroxyl groups is 5. The van der Waals surface area contributed by atoms with Gasteiger partial charge in [0.2, 0.25) is 0 Å². The Labute approximate surface area is 315 Å². The van der Waals surface area contributed by atoms with E-state index < -0.39 is 56.8 Å². The molecule has 5 fully saturated rings. The van der Waals surface area contributed by atoms with Crippen LogP contribution in [-0.2, 0) is 18.6 Å². The SMILES string of the molecule is CC(C)=CCC[C@](C)(O[C@@H]1O[C@H](COP(=O)([O-])O)[C@@H](O)[C@H](O)[C@H]1O)C1CC[C@]2(C)C1[C@H](O)CC1[C@@]3(C)CC[C@H](O)C(C)(C)C3CC[C@]12C.[Na+]. The summed E-state index contributed by atoms with van der Waals surface area (Å²) in [5.74, 6) is 0.394. The molecule has 11 nitrogen and oxygen atoms in total. The molecule has 0 amide bonds. The van der Waals surface area contributed by atoms with Crippen molar-refractivity contribution < 1.29 is 83.4 Å². The van der Waals surface area contributed by atoms with Gasteiger partial charge >= 0.3 is 29.6 Å². The molecule has 13 heteroatoms. The number of fused-ring (bicyclic) bond motifs is 5.